The molecule has 0 bridgehead atoms. The van der Waals surface area contributed by atoms with Crippen LogP contribution in [-0.4, -0.2) is 29.9 Å². The third kappa shape index (κ3) is 6.53. The van der Waals surface area contributed by atoms with E-state index in [0.717, 1.165) is 5.78 Å². The highest BCUT2D eigenvalue weighted by molar-refractivity contribution is 7.17. The maximum Gasteiger partial charge on any atom is 0.101 e. The van der Waals surface area contributed by atoms with Crippen LogP contribution in [0, 0.1) is 0 Å². The van der Waals surface area contributed by atoms with E-state index < -0.39 is 0 Å². The SMILES string of the molecule is CCCC[N+](CCCC)(CCCC)C(P)CCC. The van der Waals surface area contributed by atoms with Gasteiger partial charge in [0.25, 0.3) is 0 Å². The maximum absolute atomic E-state index is 3.18. The van der Waals surface area contributed by atoms with Gasteiger partial charge in [-0.1, -0.05) is 62.6 Å². The van der Waals surface area contributed by atoms with Crippen molar-refractivity contribution in [2.75, 3.05) is 19.6 Å². The number of nitrogens with zero attached hydrogens (tertiary/aromatic N) is 1. The Morgan fingerprint density at radius 2 is 1.11 bits per heavy atom. The van der Waals surface area contributed by atoms with Gasteiger partial charge in [0.05, 0.1) is 19.6 Å². The second-order valence-corrected chi connectivity index (χ2v) is 6.58. The Balaban J connectivity index is 4.72. The van der Waals surface area contributed by atoms with E-state index in [2.05, 4.69) is 36.9 Å². The first-order chi connectivity index (χ1) is 8.66. The molecule has 0 radical (unpaired) electrons. The molecule has 0 aliphatic heterocycles. The van der Waals surface area contributed by atoms with Crippen molar-refractivity contribution >= 4 is 9.24 Å². The lowest BCUT2D eigenvalue weighted by molar-refractivity contribution is -0.938. The molecule has 0 rings (SSSR count). The second kappa shape index (κ2) is 11.2. The Kier molecular flexibility index (Phi) is 11.5. The molecule has 0 saturated carbocycles. The van der Waals surface area contributed by atoms with E-state index in [0.29, 0.717) is 0 Å². The molecule has 0 aromatic carbocycles. The van der Waals surface area contributed by atoms with Crippen molar-refractivity contribution in [3.8, 4) is 0 Å². The molecule has 0 aliphatic rings. The van der Waals surface area contributed by atoms with E-state index in [9.17, 15) is 0 Å². The molecule has 2 atom stereocenters. The van der Waals surface area contributed by atoms with Crippen molar-refractivity contribution in [2.45, 2.75) is 84.8 Å². The van der Waals surface area contributed by atoms with Crippen LogP contribution < -0.4 is 0 Å². The Morgan fingerprint density at radius 3 is 1.39 bits per heavy atom. The summed E-state index contributed by atoms with van der Waals surface area (Å²) >= 11 is 0. The summed E-state index contributed by atoms with van der Waals surface area (Å²) in [7, 11) is 3.18. The molecule has 0 N–H and O–H groups in total. The van der Waals surface area contributed by atoms with Crippen molar-refractivity contribution in [3.63, 3.8) is 0 Å². The predicted octanol–water partition coefficient (Wildman–Crippen LogP) is 5.20. The fourth-order valence-electron chi connectivity index (χ4n) is 2.82. The van der Waals surface area contributed by atoms with Gasteiger partial charge in [0.15, 0.2) is 0 Å². The molecule has 0 saturated heterocycles. The van der Waals surface area contributed by atoms with Crippen molar-refractivity contribution in [3.05, 3.63) is 0 Å². The number of hydrogen-bond donors (Lipinski definition) is 0. The first-order valence-corrected chi connectivity index (χ1v) is 8.94. The molecular formula is C16H37NP+. The van der Waals surface area contributed by atoms with Crippen molar-refractivity contribution in [1.29, 1.82) is 0 Å². The minimum Gasteiger partial charge on any atom is -0.318 e. The van der Waals surface area contributed by atoms with Crippen LogP contribution in [0.3, 0.4) is 0 Å². The normalized spacial score (nSPS) is 13.8. The molecule has 0 spiro atoms. The van der Waals surface area contributed by atoms with Crippen molar-refractivity contribution < 1.29 is 4.48 Å². The molecule has 2 unspecified atom stereocenters. The minimum absolute atomic E-state index is 0.777. The Hall–Kier alpha value is 0.390. The molecule has 110 valence electrons. The summed E-state index contributed by atoms with van der Waals surface area (Å²) < 4.78 is 1.37. The van der Waals surface area contributed by atoms with Gasteiger partial charge in [0.2, 0.25) is 0 Å². The minimum atomic E-state index is 0.777. The lowest BCUT2D eigenvalue weighted by Crippen LogP contribution is -2.54. The first kappa shape index (κ1) is 18.4. The van der Waals surface area contributed by atoms with Gasteiger partial charge in [0, 0.05) is 6.42 Å². The molecule has 2 heteroatoms. The Labute approximate surface area is 119 Å². The zero-order valence-corrected chi connectivity index (χ0v) is 14.5. The molecule has 0 heterocycles. The fraction of sp³-hybridized carbons (Fsp3) is 1.00. The average molecular weight is 274 g/mol. The Bertz CT molecular complexity index is 160. The molecule has 0 aromatic rings. The summed E-state index contributed by atoms with van der Waals surface area (Å²) in [6.07, 6.45) is 10.9. The predicted molar refractivity (Wildman–Crippen MR) is 88.0 cm³/mol. The highest BCUT2D eigenvalue weighted by Gasteiger charge is 2.31. The molecule has 1 nitrogen and oxygen atoms in total. The highest BCUT2D eigenvalue weighted by atomic mass is 31.0. The lowest BCUT2D eigenvalue weighted by Gasteiger charge is -2.44. The summed E-state index contributed by atoms with van der Waals surface area (Å²) in [6, 6.07) is 0. The van der Waals surface area contributed by atoms with Gasteiger partial charge >= 0.3 is 0 Å². The summed E-state index contributed by atoms with van der Waals surface area (Å²) in [5.74, 6) is 0.777. The quantitative estimate of drug-likeness (QED) is 0.339. The number of rotatable bonds is 12. The zero-order valence-electron chi connectivity index (χ0n) is 13.4. The van der Waals surface area contributed by atoms with E-state index in [1.165, 1.54) is 75.5 Å². The van der Waals surface area contributed by atoms with Gasteiger partial charge in [-0.05, 0) is 19.3 Å². The Morgan fingerprint density at radius 1 is 0.722 bits per heavy atom. The smallest absolute Gasteiger partial charge is 0.101 e. The molecular weight excluding hydrogens is 237 g/mol. The zero-order chi connectivity index (χ0) is 13.9. The van der Waals surface area contributed by atoms with Gasteiger partial charge in [0.1, 0.15) is 5.78 Å². The van der Waals surface area contributed by atoms with Gasteiger partial charge < -0.3 is 4.48 Å². The molecule has 18 heavy (non-hydrogen) atoms. The van der Waals surface area contributed by atoms with Crippen LogP contribution in [0.4, 0.5) is 0 Å². The van der Waals surface area contributed by atoms with E-state index in [1.54, 1.807) is 0 Å². The molecule has 0 aliphatic carbocycles. The standard InChI is InChI=1S/C16H37NP/c1-5-9-13-17(14-10-6-2,15-11-7-3)16(18)12-8-4/h16H,5-15,18H2,1-4H3/q+1. The van der Waals surface area contributed by atoms with Gasteiger partial charge in [-0.25, -0.2) is 0 Å². The largest absolute Gasteiger partial charge is 0.318 e. The fourth-order valence-corrected chi connectivity index (χ4v) is 3.60. The van der Waals surface area contributed by atoms with Crippen LogP contribution in [0.25, 0.3) is 0 Å². The monoisotopic (exact) mass is 274 g/mol. The maximum atomic E-state index is 3.18. The second-order valence-electron chi connectivity index (χ2n) is 5.81. The van der Waals surface area contributed by atoms with E-state index >= 15 is 0 Å². The molecule has 0 aromatic heterocycles. The number of unbranched alkanes of at least 4 members (excludes halogenated alkanes) is 3. The van der Waals surface area contributed by atoms with Crippen LogP contribution in [0.1, 0.15) is 79.1 Å². The van der Waals surface area contributed by atoms with Crippen molar-refractivity contribution in [2.24, 2.45) is 0 Å². The van der Waals surface area contributed by atoms with Gasteiger partial charge in [-0.2, -0.15) is 0 Å². The summed E-state index contributed by atoms with van der Waals surface area (Å²) in [5.41, 5.74) is 0. The summed E-state index contributed by atoms with van der Waals surface area (Å²) in [5, 5.41) is 0. The van der Waals surface area contributed by atoms with E-state index in [-0.39, 0.29) is 0 Å². The summed E-state index contributed by atoms with van der Waals surface area (Å²) in [4.78, 5) is 0. The molecule has 0 fully saturated rings. The van der Waals surface area contributed by atoms with Crippen molar-refractivity contribution in [1.82, 2.24) is 0 Å². The van der Waals surface area contributed by atoms with E-state index in [1.807, 2.05) is 0 Å². The van der Waals surface area contributed by atoms with Crippen LogP contribution in [0.5, 0.6) is 0 Å². The van der Waals surface area contributed by atoms with Crippen LogP contribution in [-0.2, 0) is 0 Å². The first-order valence-electron chi connectivity index (χ1n) is 8.28. The third-order valence-corrected chi connectivity index (χ3v) is 5.12. The highest BCUT2D eigenvalue weighted by Crippen LogP contribution is 2.27. The van der Waals surface area contributed by atoms with Crippen LogP contribution in [0.15, 0.2) is 0 Å². The number of hydrogen-bond acceptors (Lipinski definition) is 0. The average Bonchev–Trinajstić information content (AvgIpc) is 2.38. The van der Waals surface area contributed by atoms with Crippen LogP contribution >= 0.6 is 9.24 Å². The van der Waals surface area contributed by atoms with E-state index in [4.69, 9.17) is 0 Å². The van der Waals surface area contributed by atoms with Gasteiger partial charge in [-0.15, -0.1) is 0 Å². The van der Waals surface area contributed by atoms with Crippen LogP contribution in [0.2, 0.25) is 0 Å². The third-order valence-electron chi connectivity index (χ3n) is 4.16. The topological polar surface area (TPSA) is 0 Å². The number of quaternary nitrogens is 1. The molecule has 0 amide bonds. The summed E-state index contributed by atoms with van der Waals surface area (Å²) in [6.45, 7) is 13.5. The lowest BCUT2D eigenvalue weighted by atomic mass is 10.1. The van der Waals surface area contributed by atoms with Gasteiger partial charge in [-0.3, -0.25) is 0 Å².